The molecule has 0 saturated carbocycles. The molecule has 3 rings (SSSR count). The fourth-order valence-corrected chi connectivity index (χ4v) is 2.64. The molecule has 2 aliphatic heterocycles. The maximum Gasteiger partial charge on any atom is 0.223 e. The van der Waals surface area contributed by atoms with Crippen molar-refractivity contribution < 1.29 is 0 Å². The van der Waals surface area contributed by atoms with Crippen molar-refractivity contribution in [2.24, 2.45) is 0 Å². The van der Waals surface area contributed by atoms with Crippen LogP contribution in [0.25, 0.3) is 0 Å². The highest BCUT2D eigenvalue weighted by molar-refractivity contribution is 5.32. The third-order valence-corrected chi connectivity index (χ3v) is 3.87. The minimum absolute atomic E-state index is 0.524. The number of anilines is 1. The second-order valence-corrected chi connectivity index (χ2v) is 5.31. The molecule has 18 heavy (non-hydrogen) atoms. The molecule has 2 N–H and O–H groups in total. The first-order valence-electron chi connectivity index (χ1n) is 6.82. The summed E-state index contributed by atoms with van der Waals surface area (Å²) in [6, 6.07) is 0.524. The van der Waals surface area contributed by atoms with Gasteiger partial charge in [0.2, 0.25) is 5.95 Å². The number of rotatable bonds is 2. The van der Waals surface area contributed by atoms with E-state index in [-0.39, 0.29) is 0 Å². The van der Waals surface area contributed by atoms with Crippen molar-refractivity contribution >= 4 is 5.95 Å². The van der Waals surface area contributed by atoms with Crippen LogP contribution in [-0.2, 0) is 13.0 Å². The Hall–Kier alpha value is -1.20. The van der Waals surface area contributed by atoms with E-state index in [1.807, 2.05) is 6.20 Å². The smallest absolute Gasteiger partial charge is 0.223 e. The largest absolute Gasteiger partial charge is 0.351 e. The molecule has 0 amide bonds. The molecule has 1 fully saturated rings. The topological polar surface area (TPSA) is 53.1 Å². The van der Waals surface area contributed by atoms with E-state index in [0.717, 1.165) is 44.2 Å². The molecule has 0 spiro atoms. The fraction of sp³-hybridized carbons (Fsp3) is 0.692. The molecular formula is C13H21N5. The first-order valence-corrected chi connectivity index (χ1v) is 6.82. The number of nitrogens with zero attached hydrogens (tertiary/aromatic N) is 3. The SMILES string of the molecule is CN1CCC(Nc2ncc3c(n2)CNCC3)CC1. The van der Waals surface area contributed by atoms with Crippen LogP contribution in [0, 0.1) is 0 Å². The van der Waals surface area contributed by atoms with Gasteiger partial charge in [0, 0.05) is 18.8 Å². The van der Waals surface area contributed by atoms with Gasteiger partial charge in [0.25, 0.3) is 0 Å². The van der Waals surface area contributed by atoms with Gasteiger partial charge in [-0.15, -0.1) is 0 Å². The Morgan fingerprint density at radius 2 is 2.22 bits per heavy atom. The van der Waals surface area contributed by atoms with E-state index in [4.69, 9.17) is 0 Å². The fourth-order valence-electron chi connectivity index (χ4n) is 2.64. The molecule has 1 aromatic heterocycles. The highest BCUT2D eigenvalue weighted by Crippen LogP contribution is 2.16. The molecular weight excluding hydrogens is 226 g/mol. The molecule has 3 heterocycles. The van der Waals surface area contributed by atoms with E-state index in [9.17, 15) is 0 Å². The Kier molecular flexibility index (Phi) is 3.43. The first kappa shape index (κ1) is 11.9. The molecule has 0 radical (unpaired) electrons. The van der Waals surface area contributed by atoms with Gasteiger partial charge in [-0.3, -0.25) is 0 Å². The minimum atomic E-state index is 0.524. The summed E-state index contributed by atoms with van der Waals surface area (Å²) in [6.45, 7) is 4.23. The Bertz CT molecular complexity index is 412. The van der Waals surface area contributed by atoms with Crippen molar-refractivity contribution in [3.63, 3.8) is 0 Å². The van der Waals surface area contributed by atoms with Gasteiger partial charge >= 0.3 is 0 Å². The van der Waals surface area contributed by atoms with E-state index in [1.54, 1.807) is 0 Å². The number of hydrogen-bond donors (Lipinski definition) is 2. The van der Waals surface area contributed by atoms with Gasteiger partial charge < -0.3 is 15.5 Å². The zero-order valence-electron chi connectivity index (χ0n) is 10.9. The number of hydrogen-bond acceptors (Lipinski definition) is 5. The minimum Gasteiger partial charge on any atom is -0.351 e. The van der Waals surface area contributed by atoms with Gasteiger partial charge in [-0.1, -0.05) is 0 Å². The number of likely N-dealkylation sites (tertiary alicyclic amines) is 1. The Morgan fingerprint density at radius 3 is 3.06 bits per heavy atom. The maximum atomic E-state index is 4.63. The number of piperidine rings is 1. The Labute approximate surface area is 108 Å². The number of aromatic nitrogens is 2. The van der Waals surface area contributed by atoms with Gasteiger partial charge in [0.05, 0.1) is 5.69 Å². The van der Waals surface area contributed by atoms with E-state index < -0.39 is 0 Å². The molecule has 5 nitrogen and oxygen atoms in total. The van der Waals surface area contributed by atoms with Crippen LogP contribution in [-0.4, -0.2) is 47.6 Å². The standard InChI is InChI=1S/C13H21N5/c1-18-6-3-11(4-7-18)16-13-15-8-10-2-5-14-9-12(10)17-13/h8,11,14H,2-7,9H2,1H3,(H,15,16,17). The van der Waals surface area contributed by atoms with Gasteiger partial charge in [-0.2, -0.15) is 0 Å². The van der Waals surface area contributed by atoms with Crippen LogP contribution in [0.3, 0.4) is 0 Å². The maximum absolute atomic E-state index is 4.63. The van der Waals surface area contributed by atoms with Crippen LogP contribution >= 0.6 is 0 Å². The quantitative estimate of drug-likeness (QED) is 0.803. The summed E-state index contributed by atoms with van der Waals surface area (Å²) in [4.78, 5) is 11.4. The predicted molar refractivity (Wildman–Crippen MR) is 71.6 cm³/mol. The van der Waals surface area contributed by atoms with Gasteiger partial charge in [-0.05, 0) is 51.5 Å². The molecule has 1 aromatic rings. The summed E-state index contributed by atoms with van der Waals surface area (Å²) in [5.74, 6) is 0.798. The first-order chi connectivity index (χ1) is 8.81. The van der Waals surface area contributed by atoms with E-state index in [2.05, 4.69) is 32.5 Å². The predicted octanol–water partition coefficient (Wildman–Crippen LogP) is 0.628. The Balaban J connectivity index is 1.66. The highest BCUT2D eigenvalue weighted by atomic mass is 15.2. The molecule has 0 aromatic carbocycles. The summed E-state index contributed by atoms with van der Waals surface area (Å²) in [6.07, 6.45) is 5.38. The zero-order chi connectivity index (χ0) is 12.4. The highest BCUT2D eigenvalue weighted by Gasteiger charge is 2.18. The second kappa shape index (κ2) is 5.20. The summed E-state index contributed by atoms with van der Waals surface area (Å²) in [5, 5.41) is 6.83. The van der Waals surface area contributed by atoms with Crippen molar-refractivity contribution in [2.45, 2.75) is 31.8 Å². The average molecular weight is 247 g/mol. The lowest BCUT2D eigenvalue weighted by Gasteiger charge is -2.29. The zero-order valence-corrected chi connectivity index (χ0v) is 10.9. The molecule has 0 atom stereocenters. The second-order valence-electron chi connectivity index (χ2n) is 5.31. The van der Waals surface area contributed by atoms with Crippen molar-refractivity contribution in [3.8, 4) is 0 Å². The lowest BCUT2D eigenvalue weighted by Crippen LogP contribution is -2.37. The van der Waals surface area contributed by atoms with Gasteiger partial charge in [0.15, 0.2) is 0 Å². The molecule has 5 heteroatoms. The average Bonchev–Trinajstić information content (AvgIpc) is 2.41. The van der Waals surface area contributed by atoms with E-state index in [1.165, 1.54) is 18.4 Å². The van der Waals surface area contributed by atoms with Crippen LogP contribution in [0.5, 0.6) is 0 Å². The van der Waals surface area contributed by atoms with Gasteiger partial charge in [0.1, 0.15) is 0 Å². The van der Waals surface area contributed by atoms with Crippen molar-refractivity contribution in [2.75, 3.05) is 32.0 Å². The molecule has 0 aliphatic carbocycles. The monoisotopic (exact) mass is 247 g/mol. The van der Waals surface area contributed by atoms with E-state index >= 15 is 0 Å². The van der Waals surface area contributed by atoms with Crippen LogP contribution in [0.2, 0.25) is 0 Å². The molecule has 98 valence electrons. The number of fused-ring (bicyclic) bond motifs is 1. The summed E-state index contributed by atoms with van der Waals surface area (Å²) >= 11 is 0. The van der Waals surface area contributed by atoms with Crippen LogP contribution in [0.1, 0.15) is 24.1 Å². The molecule has 0 unspecified atom stereocenters. The molecule has 0 bridgehead atoms. The van der Waals surface area contributed by atoms with Crippen LogP contribution in [0.4, 0.5) is 5.95 Å². The van der Waals surface area contributed by atoms with Crippen LogP contribution in [0.15, 0.2) is 6.20 Å². The lowest BCUT2D eigenvalue weighted by molar-refractivity contribution is 0.263. The van der Waals surface area contributed by atoms with Crippen molar-refractivity contribution in [3.05, 3.63) is 17.5 Å². The third-order valence-electron chi connectivity index (χ3n) is 3.87. The third kappa shape index (κ3) is 2.62. The van der Waals surface area contributed by atoms with Crippen LogP contribution < -0.4 is 10.6 Å². The van der Waals surface area contributed by atoms with Crippen molar-refractivity contribution in [1.82, 2.24) is 20.2 Å². The molecule has 2 aliphatic rings. The summed E-state index contributed by atoms with van der Waals surface area (Å²) in [7, 11) is 2.18. The summed E-state index contributed by atoms with van der Waals surface area (Å²) < 4.78 is 0. The summed E-state index contributed by atoms with van der Waals surface area (Å²) in [5.41, 5.74) is 2.45. The molecule has 1 saturated heterocycles. The van der Waals surface area contributed by atoms with Gasteiger partial charge in [-0.25, -0.2) is 9.97 Å². The normalized spacial score (nSPS) is 21.6. The number of nitrogens with one attached hydrogen (secondary N) is 2. The lowest BCUT2D eigenvalue weighted by atomic mass is 10.1. The Morgan fingerprint density at radius 1 is 1.39 bits per heavy atom. The van der Waals surface area contributed by atoms with E-state index in [0.29, 0.717) is 6.04 Å². The van der Waals surface area contributed by atoms with Crippen molar-refractivity contribution in [1.29, 1.82) is 0 Å².